The summed E-state index contributed by atoms with van der Waals surface area (Å²) in [5.41, 5.74) is 2.84. The second-order valence-electron chi connectivity index (χ2n) is 6.46. The number of nitrogens with one attached hydrogen (secondary N) is 2. The summed E-state index contributed by atoms with van der Waals surface area (Å²) >= 11 is 0. The first-order valence-electron chi connectivity index (χ1n) is 9.12. The van der Waals surface area contributed by atoms with Crippen molar-refractivity contribution in [2.75, 3.05) is 17.2 Å². The van der Waals surface area contributed by atoms with E-state index in [-0.39, 0.29) is 5.78 Å². The van der Waals surface area contributed by atoms with Crippen LogP contribution >= 0.6 is 0 Å². The molecule has 1 aromatic heterocycles. The van der Waals surface area contributed by atoms with E-state index in [1.807, 2.05) is 37.3 Å². The van der Waals surface area contributed by atoms with Gasteiger partial charge in [0.2, 0.25) is 0 Å². The number of aryl methyl sites for hydroxylation is 2. The Balaban J connectivity index is 1.60. The predicted molar refractivity (Wildman–Crippen MR) is 110 cm³/mol. The molecule has 0 saturated heterocycles. The van der Waals surface area contributed by atoms with E-state index >= 15 is 0 Å². The van der Waals surface area contributed by atoms with Crippen molar-refractivity contribution < 1.29 is 4.79 Å². The molecule has 0 spiro atoms. The van der Waals surface area contributed by atoms with Gasteiger partial charge in [0.1, 0.15) is 17.5 Å². The maximum Gasteiger partial charge on any atom is 0.159 e. The van der Waals surface area contributed by atoms with Crippen LogP contribution in [0.25, 0.3) is 0 Å². The Morgan fingerprint density at radius 2 is 1.74 bits per heavy atom. The van der Waals surface area contributed by atoms with Gasteiger partial charge in [0, 0.05) is 23.9 Å². The van der Waals surface area contributed by atoms with Crippen LogP contribution in [0.4, 0.5) is 17.3 Å². The number of benzene rings is 2. The molecule has 0 amide bonds. The van der Waals surface area contributed by atoms with E-state index in [2.05, 4.69) is 44.9 Å². The summed E-state index contributed by atoms with van der Waals surface area (Å²) in [4.78, 5) is 20.4. The predicted octanol–water partition coefficient (Wildman–Crippen LogP) is 4.78. The quantitative estimate of drug-likeness (QED) is 0.447. The van der Waals surface area contributed by atoms with Crippen molar-refractivity contribution in [3.05, 3.63) is 77.6 Å². The van der Waals surface area contributed by atoms with Crippen LogP contribution in [0.5, 0.6) is 0 Å². The monoisotopic (exact) mass is 360 g/mol. The minimum Gasteiger partial charge on any atom is -0.370 e. The molecule has 0 unspecified atom stereocenters. The maximum atomic E-state index is 11.5. The summed E-state index contributed by atoms with van der Waals surface area (Å²) in [7, 11) is 0. The van der Waals surface area contributed by atoms with E-state index in [0.717, 1.165) is 30.9 Å². The van der Waals surface area contributed by atoms with Crippen LogP contribution in [-0.4, -0.2) is 22.3 Å². The minimum absolute atomic E-state index is 0.0401. The van der Waals surface area contributed by atoms with E-state index < -0.39 is 0 Å². The lowest BCUT2D eigenvalue weighted by molar-refractivity contribution is 0.101. The van der Waals surface area contributed by atoms with E-state index in [1.54, 1.807) is 13.0 Å². The van der Waals surface area contributed by atoms with Crippen molar-refractivity contribution in [2.45, 2.75) is 26.7 Å². The Morgan fingerprint density at radius 1 is 0.963 bits per heavy atom. The van der Waals surface area contributed by atoms with Gasteiger partial charge in [-0.25, -0.2) is 9.97 Å². The molecule has 2 N–H and O–H groups in total. The molecule has 138 valence electrons. The Kier molecular flexibility index (Phi) is 6.15. The normalized spacial score (nSPS) is 10.4. The molecule has 0 atom stereocenters. The van der Waals surface area contributed by atoms with Gasteiger partial charge in [0.15, 0.2) is 5.78 Å². The van der Waals surface area contributed by atoms with Gasteiger partial charge in [-0.2, -0.15) is 0 Å². The standard InChI is InChI=1S/C22H24N4O/c1-16(27)19-11-6-12-20(14-19)26-22-15-21(24-17(2)25-22)23-13-7-10-18-8-4-3-5-9-18/h3-6,8-9,11-12,14-15H,7,10,13H2,1-2H3,(H2,23,24,25,26). The third-order valence-corrected chi connectivity index (χ3v) is 4.17. The van der Waals surface area contributed by atoms with Gasteiger partial charge in [-0.1, -0.05) is 42.5 Å². The maximum absolute atomic E-state index is 11.5. The molecule has 0 aliphatic heterocycles. The molecule has 27 heavy (non-hydrogen) atoms. The molecule has 5 nitrogen and oxygen atoms in total. The average Bonchev–Trinajstić information content (AvgIpc) is 2.66. The molecule has 5 heteroatoms. The van der Waals surface area contributed by atoms with Crippen molar-refractivity contribution in [3.63, 3.8) is 0 Å². The Labute approximate surface area is 159 Å². The van der Waals surface area contributed by atoms with E-state index in [1.165, 1.54) is 5.56 Å². The number of ketones is 1. The molecule has 1 heterocycles. The number of rotatable bonds is 8. The zero-order valence-corrected chi connectivity index (χ0v) is 15.7. The van der Waals surface area contributed by atoms with Crippen molar-refractivity contribution in [2.24, 2.45) is 0 Å². The lowest BCUT2D eigenvalue weighted by Gasteiger charge is -2.11. The van der Waals surface area contributed by atoms with Crippen LogP contribution in [-0.2, 0) is 6.42 Å². The zero-order chi connectivity index (χ0) is 19.1. The molecule has 2 aromatic carbocycles. The number of anilines is 3. The van der Waals surface area contributed by atoms with Gasteiger partial charge < -0.3 is 10.6 Å². The summed E-state index contributed by atoms with van der Waals surface area (Å²) in [5.74, 6) is 2.22. The molecular formula is C22H24N4O. The fourth-order valence-electron chi connectivity index (χ4n) is 2.84. The number of nitrogens with zero attached hydrogens (tertiary/aromatic N) is 2. The fourth-order valence-corrected chi connectivity index (χ4v) is 2.84. The lowest BCUT2D eigenvalue weighted by atomic mass is 10.1. The zero-order valence-electron chi connectivity index (χ0n) is 15.7. The SMILES string of the molecule is CC(=O)c1cccc(Nc2cc(NCCCc3ccccc3)nc(C)n2)c1. The number of Topliss-reactive ketones (excluding diaryl/α,β-unsaturated/α-hetero) is 1. The summed E-state index contributed by atoms with van der Waals surface area (Å²) in [6.07, 6.45) is 2.05. The highest BCUT2D eigenvalue weighted by molar-refractivity contribution is 5.95. The van der Waals surface area contributed by atoms with Crippen LogP contribution in [0.2, 0.25) is 0 Å². The molecule has 0 aliphatic rings. The summed E-state index contributed by atoms with van der Waals surface area (Å²) in [6, 6.07) is 19.7. The molecule has 3 aromatic rings. The molecule has 0 aliphatic carbocycles. The van der Waals surface area contributed by atoms with E-state index in [0.29, 0.717) is 17.2 Å². The molecule has 3 rings (SSSR count). The Bertz CT molecular complexity index is 909. The lowest BCUT2D eigenvalue weighted by Crippen LogP contribution is -2.07. The number of carbonyl (C=O) groups is 1. The van der Waals surface area contributed by atoms with Crippen LogP contribution < -0.4 is 10.6 Å². The molecule has 0 saturated carbocycles. The summed E-state index contributed by atoms with van der Waals surface area (Å²) in [5, 5.41) is 6.62. The topological polar surface area (TPSA) is 66.9 Å². The van der Waals surface area contributed by atoms with E-state index in [4.69, 9.17) is 0 Å². The van der Waals surface area contributed by atoms with Crippen molar-refractivity contribution in [1.82, 2.24) is 9.97 Å². The van der Waals surface area contributed by atoms with Crippen LogP contribution in [0.15, 0.2) is 60.7 Å². The number of hydrogen-bond acceptors (Lipinski definition) is 5. The van der Waals surface area contributed by atoms with Crippen molar-refractivity contribution >= 4 is 23.1 Å². The van der Waals surface area contributed by atoms with Crippen molar-refractivity contribution in [1.29, 1.82) is 0 Å². The Hall–Kier alpha value is -3.21. The largest absolute Gasteiger partial charge is 0.370 e. The first kappa shape index (κ1) is 18.6. The first-order chi connectivity index (χ1) is 13.1. The highest BCUT2D eigenvalue weighted by Crippen LogP contribution is 2.19. The number of aromatic nitrogens is 2. The van der Waals surface area contributed by atoms with E-state index in [9.17, 15) is 4.79 Å². The average molecular weight is 360 g/mol. The first-order valence-corrected chi connectivity index (χ1v) is 9.12. The highest BCUT2D eigenvalue weighted by atomic mass is 16.1. The number of hydrogen-bond donors (Lipinski definition) is 2. The molecule has 0 radical (unpaired) electrons. The molecule has 0 fully saturated rings. The third-order valence-electron chi connectivity index (χ3n) is 4.17. The number of carbonyl (C=O) groups excluding carboxylic acids is 1. The van der Waals surface area contributed by atoms with Crippen molar-refractivity contribution in [3.8, 4) is 0 Å². The van der Waals surface area contributed by atoms with Gasteiger partial charge in [-0.15, -0.1) is 0 Å². The van der Waals surface area contributed by atoms with Gasteiger partial charge in [0.05, 0.1) is 0 Å². The second kappa shape index (κ2) is 8.94. The minimum atomic E-state index is 0.0401. The third kappa shape index (κ3) is 5.64. The van der Waals surface area contributed by atoms with Crippen LogP contribution in [0.3, 0.4) is 0 Å². The van der Waals surface area contributed by atoms with Gasteiger partial charge in [-0.05, 0) is 44.4 Å². The highest BCUT2D eigenvalue weighted by Gasteiger charge is 2.05. The Morgan fingerprint density at radius 3 is 2.52 bits per heavy atom. The van der Waals surface area contributed by atoms with Gasteiger partial charge >= 0.3 is 0 Å². The smallest absolute Gasteiger partial charge is 0.159 e. The molecular weight excluding hydrogens is 336 g/mol. The fraction of sp³-hybridized carbons (Fsp3) is 0.227. The van der Waals surface area contributed by atoms with Gasteiger partial charge in [0.25, 0.3) is 0 Å². The van der Waals surface area contributed by atoms with Gasteiger partial charge in [-0.3, -0.25) is 4.79 Å². The van der Waals surface area contributed by atoms with Crippen LogP contribution in [0.1, 0.15) is 35.1 Å². The second-order valence-corrected chi connectivity index (χ2v) is 6.46. The van der Waals surface area contributed by atoms with Crippen LogP contribution in [0, 0.1) is 6.92 Å². The molecule has 0 bridgehead atoms. The summed E-state index contributed by atoms with van der Waals surface area (Å²) < 4.78 is 0. The summed E-state index contributed by atoms with van der Waals surface area (Å²) in [6.45, 7) is 4.27.